The fourth-order valence-electron chi connectivity index (χ4n) is 3.38. The maximum Gasteiger partial charge on any atom is 0.490 e. The average molecular weight is 485 g/mol. The smallest absolute Gasteiger partial charge is 0.475 e. The standard InChI is InChI=1S/C17H21N7OS.C2HF3O2/c1-22-7-13(6-21-22)8-23-9-14(24-15(10-23)3-5-20-24)2-4-18-17(25)16-11-26-12-19-16;3-2(4,5)1(6)7/h3,5-7,11-12,14H,2,4,8-10H2,1H3,(H,18,25);(H,6,7). The molecule has 3 aromatic heterocycles. The number of alkyl halides is 3. The molecule has 1 aliphatic rings. The van der Waals surface area contributed by atoms with Crippen LogP contribution < -0.4 is 5.32 Å². The van der Waals surface area contributed by atoms with E-state index in [9.17, 15) is 18.0 Å². The number of carbonyl (C=O) groups excluding carboxylic acids is 1. The molecule has 14 heteroatoms. The van der Waals surface area contributed by atoms with Crippen LogP contribution in [-0.4, -0.2) is 65.7 Å². The lowest BCUT2D eigenvalue weighted by Gasteiger charge is -2.33. The number of carboxylic acid groups (broad SMARTS) is 1. The van der Waals surface area contributed by atoms with Gasteiger partial charge in [0, 0.05) is 56.6 Å². The quantitative estimate of drug-likeness (QED) is 0.549. The van der Waals surface area contributed by atoms with Gasteiger partial charge in [-0.15, -0.1) is 11.3 Å². The Bertz CT molecular complexity index is 1070. The van der Waals surface area contributed by atoms with Crippen molar-refractivity contribution in [3.8, 4) is 0 Å². The highest BCUT2D eigenvalue weighted by atomic mass is 32.1. The zero-order valence-electron chi connectivity index (χ0n) is 17.6. The first-order valence-electron chi connectivity index (χ1n) is 9.82. The van der Waals surface area contributed by atoms with Gasteiger partial charge >= 0.3 is 12.1 Å². The molecule has 1 atom stereocenters. The lowest BCUT2D eigenvalue weighted by atomic mass is 10.1. The van der Waals surface area contributed by atoms with Gasteiger partial charge in [-0.05, 0) is 12.5 Å². The second kappa shape index (κ2) is 10.6. The zero-order chi connectivity index (χ0) is 24.0. The predicted octanol–water partition coefficient (Wildman–Crippen LogP) is 2.08. The molecular weight excluding hydrogens is 463 g/mol. The SMILES string of the molecule is Cn1cc(CN2Cc3ccnn3C(CCNC(=O)c3cscn3)C2)cn1.O=C(O)C(F)(F)F. The van der Waals surface area contributed by atoms with Gasteiger partial charge in [-0.3, -0.25) is 19.1 Å². The number of thiazole rings is 1. The monoisotopic (exact) mass is 485 g/mol. The van der Waals surface area contributed by atoms with Crippen molar-refractivity contribution in [3.63, 3.8) is 0 Å². The average Bonchev–Trinajstić information content (AvgIpc) is 3.49. The molecule has 4 heterocycles. The van der Waals surface area contributed by atoms with Gasteiger partial charge in [0.1, 0.15) is 5.69 Å². The van der Waals surface area contributed by atoms with Crippen molar-refractivity contribution in [1.29, 1.82) is 0 Å². The number of hydrogen-bond acceptors (Lipinski definition) is 7. The normalized spacial score (nSPS) is 15.9. The third-order valence-corrected chi connectivity index (χ3v) is 5.37. The second-order valence-electron chi connectivity index (χ2n) is 7.33. The molecule has 3 aromatic rings. The highest BCUT2D eigenvalue weighted by Gasteiger charge is 2.38. The molecule has 0 aromatic carbocycles. The molecule has 0 fully saturated rings. The van der Waals surface area contributed by atoms with E-state index in [1.54, 1.807) is 10.9 Å². The molecule has 0 aliphatic carbocycles. The first kappa shape index (κ1) is 24.4. The zero-order valence-corrected chi connectivity index (χ0v) is 18.4. The Morgan fingerprint density at radius 1 is 1.33 bits per heavy atom. The van der Waals surface area contributed by atoms with Crippen LogP contribution in [0.15, 0.2) is 35.5 Å². The maximum absolute atomic E-state index is 12.0. The molecule has 0 saturated carbocycles. The number of nitrogens with one attached hydrogen (secondary N) is 1. The van der Waals surface area contributed by atoms with Crippen molar-refractivity contribution in [2.24, 2.45) is 7.05 Å². The van der Waals surface area contributed by atoms with E-state index in [1.165, 1.54) is 22.6 Å². The molecule has 178 valence electrons. The van der Waals surface area contributed by atoms with Crippen LogP contribution >= 0.6 is 11.3 Å². The summed E-state index contributed by atoms with van der Waals surface area (Å²) in [6.07, 6.45) is 1.56. The van der Waals surface area contributed by atoms with Gasteiger partial charge < -0.3 is 10.4 Å². The lowest BCUT2D eigenvalue weighted by molar-refractivity contribution is -0.192. The summed E-state index contributed by atoms with van der Waals surface area (Å²) in [5.41, 5.74) is 4.56. The van der Waals surface area contributed by atoms with Gasteiger partial charge in [-0.1, -0.05) is 0 Å². The van der Waals surface area contributed by atoms with Crippen molar-refractivity contribution in [2.75, 3.05) is 13.1 Å². The minimum absolute atomic E-state index is 0.116. The molecule has 4 rings (SSSR count). The van der Waals surface area contributed by atoms with Gasteiger partial charge in [0.15, 0.2) is 0 Å². The summed E-state index contributed by atoms with van der Waals surface area (Å²) in [6, 6.07) is 2.30. The Morgan fingerprint density at radius 2 is 2.09 bits per heavy atom. The Balaban J connectivity index is 0.000000383. The highest BCUT2D eigenvalue weighted by Crippen LogP contribution is 2.24. The molecule has 10 nitrogen and oxygen atoms in total. The Hall–Kier alpha value is -3.26. The van der Waals surface area contributed by atoms with Crippen LogP contribution in [0, 0.1) is 0 Å². The van der Waals surface area contributed by atoms with Crippen LogP contribution in [0.25, 0.3) is 0 Å². The number of carbonyl (C=O) groups is 2. The summed E-state index contributed by atoms with van der Waals surface area (Å²) >= 11 is 1.42. The van der Waals surface area contributed by atoms with E-state index in [-0.39, 0.29) is 11.9 Å². The number of aryl methyl sites for hydroxylation is 1. The van der Waals surface area contributed by atoms with E-state index < -0.39 is 12.1 Å². The summed E-state index contributed by atoms with van der Waals surface area (Å²) < 4.78 is 35.7. The molecule has 1 unspecified atom stereocenters. The molecule has 2 N–H and O–H groups in total. The Kier molecular flexibility index (Phi) is 7.81. The van der Waals surface area contributed by atoms with Crippen molar-refractivity contribution in [2.45, 2.75) is 31.7 Å². The van der Waals surface area contributed by atoms with E-state index in [4.69, 9.17) is 9.90 Å². The van der Waals surface area contributed by atoms with Crippen LogP contribution in [0.1, 0.15) is 34.2 Å². The fraction of sp³-hybridized carbons (Fsp3) is 0.421. The molecule has 0 bridgehead atoms. The number of carboxylic acids is 1. The topological polar surface area (TPSA) is 118 Å². The number of halogens is 3. The summed E-state index contributed by atoms with van der Waals surface area (Å²) in [4.78, 5) is 27.4. The number of aliphatic carboxylic acids is 1. The highest BCUT2D eigenvalue weighted by molar-refractivity contribution is 7.07. The van der Waals surface area contributed by atoms with E-state index in [1.807, 2.05) is 24.1 Å². The first-order chi connectivity index (χ1) is 15.6. The molecule has 0 spiro atoms. The van der Waals surface area contributed by atoms with Gasteiger partial charge in [-0.2, -0.15) is 23.4 Å². The summed E-state index contributed by atoms with van der Waals surface area (Å²) in [5.74, 6) is -2.87. The first-order valence-corrected chi connectivity index (χ1v) is 10.8. The van der Waals surface area contributed by atoms with E-state index in [0.29, 0.717) is 12.2 Å². The van der Waals surface area contributed by atoms with Crippen LogP contribution in [0.4, 0.5) is 13.2 Å². The number of rotatable bonds is 6. The van der Waals surface area contributed by atoms with Crippen LogP contribution in [-0.2, 0) is 24.9 Å². The minimum atomic E-state index is -5.08. The van der Waals surface area contributed by atoms with E-state index in [0.717, 1.165) is 26.1 Å². The number of amides is 1. The molecule has 1 aliphatic heterocycles. The molecule has 33 heavy (non-hydrogen) atoms. The third-order valence-electron chi connectivity index (χ3n) is 4.79. The summed E-state index contributed by atoms with van der Waals surface area (Å²) in [6.45, 7) is 3.23. The number of hydrogen-bond donors (Lipinski definition) is 2. The number of fused-ring (bicyclic) bond motifs is 1. The molecule has 0 radical (unpaired) electrons. The van der Waals surface area contributed by atoms with Gasteiger partial charge in [0.05, 0.1) is 23.4 Å². The van der Waals surface area contributed by atoms with Crippen LogP contribution in [0.2, 0.25) is 0 Å². The van der Waals surface area contributed by atoms with Crippen molar-refractivity contribution < 1.29 is 27.9 Å². The maximum atomic E-state index is 12.0. The molecule has 1 amide bonds. The van der Waals surface area contributed by atoms with Crippen molar-refractivity contribution >= 4 is 23.2 Å². The van der Waals surface area contributed by atoms with Crippen molar-refractivity contribution in [3.05, 3.63) is 52.5 Å². The molecule has 0 saturated heterocycles. The minimum Gasteiger partial charge on any atom is -0.475 e. The van der Waals surface area contributed by atoms with Crippen molar-refractivity contribution in [1.82, 2.24) is 34.8 Å². The van der Waals surface area contributed by atoms with Gasteiger partial charge in [0.2, 0.25) is 0 Å². The van der Waals surface area contributed by atoms with Crippen LogP contribution in [0.3, 0.4) is 0 Å². The van der Waals surface area contributed by atoms with E-state index >= 15 is 0 Å². The fourth-order valence-corrected chi connectivity index (χ4v) is 3.91. The number of aromatic nitrogens is 5. The van der Waals surface area contributed by atoms with Gasteiger partial charge in [-0.25, -0.2) is 9.78 Å². The summed E-state index contributed by atoms with van der Waals surface area (Å²) in [7, 11) is 1.93. The Morgan fingerprint density at radius 3 is 2.70 bits per heavy atom. The predicted molar refractivity (Wildman–Crippen MR) is 111 cm³/mol. The second-order valence-corrected chi connectivity index (χ2v) is 8.05. The molecular formula is C19H22F3N7O3S. The van der Waals surface area contributed by atoms with E-state index in [2.05, 4.69) is 42.3 Å². The Labute approximate surface area is 190 Å². The van der Waals surface area contributed by atoms with Crippen LogP contribution in [0.5, 0.6) is 0 Å². The third kappa shape index (κ3) is 6.86. The lowest BCUT2D eigenvalue weighted by Crippen LogP contribution is -2.38. The number of nitrogens with zero attached hydrogens (tertiary/aromatic N) is 6. The van der Waals surface area contributed by atoms with Gasteiger partial charge in [0.25, 0.3) is 5.91 Å². The largest absolute Gasteiger partial charge is 0.490 e. The summed E-state index contributed by atoms with van der Waals surface area (Å²) in [5, 5.41) is 20.6.